The van der Waals surface area contributed by atoms with Crippen molar-refractivity contribution in [1.82, 2.24) is 5.32 Å². The molecule has 1 fully saturated rings. The summed E-state index contributed by atoms with van der Waals surface area (Å²) >= 11 is 0. The van der Waals surface area contributed by atoms with Gasteiger partial charge in [-0.25, -0.2) is 0 Å². The average molecular weight is 261 g/mol. The maximum absolute atomic E-state index is 5.34. The van der Waals surface area contributed by atoms with E-state index in [-0.39, 0.29) is 0 Å². The zero-order valence-corrected chi connectivity index (χ0v) is 12.7. The van der Waals surface area contributed by atoms with Crippen molar-refractivity contribution in [1.29, 1.82) is 0 Å². The predicted octanol–water partition coefficient (Wildman–Crippen LogP) is 4.17. The lowest BCUT2D eigenvalue weighted by molar-refractivity contribution is 0.164. The van der Waals surface area contributed by atoms with E-state index in [9.17, 15) is 0 Å². The molecule has 1 saturated carbocycles. The van der Waals surface area contributed by atoms with Crippen LogP contribution in [0.3, 0.4) is 0 Å². The van der Waals surface area contributed by atoms with Crippen molar-refractivity contribution in [3.63, 3.8) is 0 Å². The highest BCUT2D eigenvalue weighted by Gasteiger charge is 2.31. The molecule has 106 valence electrons. The molecular formula is C17H27NO. The zero-order chi connectivity index (χ0) is 13.9. The first kappa shape index (κ1) is 14.4. The summed E-state index contributed by atoms with van der Waals surface area (Å²) in [6, 6.07) is 8.93. The zero-order valence-electron chi connectivity index (χ0n) is 12.7. The monoisotopic (exact) mass is 261 g/mol. The second-order valence-corrected chi connectivity index (χ2v) is 6.54. The molecule has 0 radical (unpaired) electrons. The van der Waals surface area contributed by atoms with Crippen molar-refractivity contribution in [2.45, 2.75) is 45.6 Å². The predicted molar refractivity (Wildman–Crippen MR) is 80.5 cm³/mol. The van der Waals surface area contributed by atoms with Crippen molar-refractivity contribution >= 4 is 0 Å². The molecule has 19 heavy (non-hydrogen) atoms. The lowest BCUT2D eigenvalue weighted by atomic mass is 9.70. The van der Waals surface area contributed by atoms with E-state index in [1.807, 2.05) is 6.07 Å². The molecule has 0 heterocycles. The van der Waals surface area contributed by atoms with Crippen molar-refractivity contribution in [2.75, 3.05) is 14.2 Å². The Hall–Kier alpha value is -1.02. The van der Waals surface area contributed by atoms with Gasteiger partial charge in [0.15, 0.2) is 0 Å². The minimum absolute atomic E-state index is 0.450. The standard InChI is InChI=1S/C17H27NO/c1-17(2)10-8-13(9-11-17)16(18-3)14-6-5-7-15(12-14)19-4/h5-7,12-13,16,18H,8-11H2,1-4H3. The molecule has 2 rings (SSSR count). The van der Waals surface area contributed by atoms with E-state index in [0.29, 0.717) is 11.5 Å². The molecule has 1 unspecified atom stereocenters. The minimum Gasteiger partial charge on any atom is -0.497 e. The Kier molecular flexibility index (Phi) is 4.51. The molecular weight excluding hydrogens is 234 g/mol. The van der Waals surface area contributed by atoms with Gasteiger partial charge >= 0.3 is 0 Å². The van der Waals surface area contributed by atoms with Gasteiger partial charge in [-0.05, 0) is 61.8 Å². The third kappa shape index (κ3) is 3.50. The number of ether oxygens (including phenoxy) is 1. The summed E-state index contributed by atoms with van der Waals surface area (Å²) in [6.07, 6.45) is 5.30. The SMILES string of the molecule is CNC(c1cccc(OC)c1)C1CCC(C)(C)CC1. The Morgan fingerprint density at radius 3 is 2.53 bits per heavy atom. The Morgan fingerprint density at radius 2 is 1.95 bits per heavy atom. The van der Waals surface area contributed by atoms with E-state index < -0.39 is 0 Å². The lowest BCUT2D eigenvalue weighted by Crippen LogP contribution is -2.31. The van der Waals surface area contributed by atoms with Crippen LogP contribution in [0.2, 0.25) is 0 Å². The van der Waals surface area contributed by atoms with Gasteiger partial charge < -0.3 is 10.1 Å². The molecule has 0 bridgehead atoms. The largest absolute Gasteiger partial charge is 0.497 e. The minimum atomic E-state index is 0.450. The molecule has 2 heteroatoms. The number of methoxy groups -OCH3 is 1. The number of hydrogen-bond donors (Lipinski definition) is 1. The molecule has 0 saturated heterocycles. The molecule has 1 aliphatic rings. The average Bonchev–Trinajstić information content (AvgIpc) is 2.41. The maximum Gasteiger partial charge on any atom is 0.119 e. The normalized spacial score (nSPS) is 21.1. The summed E-state index contributed by atoms with van der Waals surface area (Å²) in [4.78, 5) is 0. The number of hydrogen-bond acceptors (Lipinski definition) is 2. The number of benzene rings is 1. The van der Waals surface area contributed by atoms with Crippen LogP contribution in [0.15, 0.2) is 24.3 Å². The first-order chi connectivity index (χ1) is 9.05. The van der Waals surface area contributed by atoms with Crippen LogP contribution in [0.1, 0.15) is 51.1 Å². The van der Waals surface area contributed by atoms with Gasteiger partial charge in [-0.15, -0.1) is 0 Å². The van der Waals surface area contributed by atoms with Gasteiger partial charge in [0.25, 0.3) is 0 Å². The van der Waals surface area contributed by atoms with Crippen molar-refractivity contribution in [3.8, 4) is 5.75 Å². The van der Waals surface area contributed by atoms with Crippen molar-refractivity contribution in [3.05, 3.63) is 29.8 Å². The summed E-state index contributed by atoms with van der Waals surface area (Å²) in [5.74, 6) is 1.69. The van der Waals surface area contributed by atoms with Gasteiger partial charge in [-0.2, -0.15) is 0 Å². The summed E-state index contributed by atoms with van der Waals surface area (Å²) in [6.45, 7) is 4.78. The van der Waals surface area contributed by atoms with Crippen LogP contribution in [-0.4, -0.2) is 14.2 Å². The molecule has 1 N–H and O–H groups in total. The van der Waals surface area contributed by atoms with E-state index in [2.05, 4.69) is 44.4 Å². The maximum atomic E-state index is 5.34. The summed E-state index contributed by atoms with van der Waals surface area (Å²) < 4.78 is 5.34. The summed E-state index contributed by atoms with van der Waals surface area (Å²) in [5.41, 5.74) is 1.88. The Morgan fingerprint density at radius 1 is 1.26 bits per heavy atom. The highest BCUT2D eigenvalue weighted by Crippen LogP contribution is 2.42. The Balaban J connectivity index is 2.11. The van der Waals surface area contributed by atoms with E-state index in [4.69, 9.17) is 4.74 Å². The van der Waals surface area contributed by atoms with Crippen molar-refractivity contribution in [2.24, 2.45) is 11.3 Å². The van der Waals surface area contributed by atoms with Gasteiger partial charge in [-0.1, -0.05) is 26.0 Å². The van der Waals surface area contributed by atoms with Crippen LogP contribution in [0.5, 0.6) is 5.75 Å². The van der Waals surface area contributed by atoms with Crippen molar-refractivity contribution < 1.29 is 4.74 Å². The summed E-state index contributed by atoms with van der Waals surface area (Å²) in [5, 5.41) is 3.51. The number of nitrogens with one attached hydrogen (secondary N) is 1. The van der Waals surface area contributed by atoms with Crippen LogP contribution >= 0.6 is 0 Å². The van der Waals surface area contributed by atoms with E-state index in [0.717, 1.165) is 11.7 Å². The summed E-state index contributed by atoms with van der Waals surface area (Å²) in [7, 11) is 3.81. The van der Waals surface area contributed by atoms with Crippen LogP contribution in [0.25, 0.3) is 0 Å². The molecule has 1 aromatic rings. The molecule has 1 aliphatic carbocycles. The Labute approximate surface area is 117 Å². The van der Waals surface area contributed by atoms with Crippen LogP contribution in [0.4, 0.5) is 0 Å². The van der Waals surface area contributed by atoms with Gasteiger partial charge in [0, 0.05) is 6.04 Å². The molecule has 0 aromatic heterocycles. The van der Waals surface area contributed by atoms with Gasteiger partial charge in [-0.3, -0.25) is 0 Å². The highest BCUT2D eigenvalue weighted by molar-refractivity contribution is 5.31. The fraction of sp³-hybridized carbons (Fsp3) is 0.647. The molecule has 1 aromatic carbocycles. The second-order valence-electron chi connectivity index (χ2n) is 6.54. The molecule has 0 amide bonds. The molecule has 1 atom stereocenters. The van der Waals surface area contributed by atoms with E-state index in [1.165, 1.54) is 31.2 Å². The number of rotatable bonds is 4. The third-order valence-electron chi connectivity index (χ3n) is 4.62. The fourth-order valence-corrected chi connectivity index (χ4v) is 3.26. The van der Waals surface area contributed by atoms with E-state index in [1.54, 1.807) is 7.11 Å². The first-order valence-electron chi connectivity index (χ1n) is 7.37. The topological polar surface area (TPSA) is 21.3 Å². The fourth-order valence-electron chi connectivity index (χ4n) is 3.26. The lowest BCUT2D eigenvalue weighted by Gasteiger charge is -2.38. The second kappa shape index (κ2) is 5.96. The highest BCUT2D eigenvalue weighted by atomic mass is 16.5. The van der Waals surface area contributed by atoms with Crippen LogP contribution < -0.4 is 10.1 Å². The smallest absolute Gasteiger partial charge is 0.119 e. The molecule has 0 spiro atoms. The van der Waals surface area contributed by atoms with Crippen LogP contribution in [-0.2, 0) is 0 Å². The molecule has 0 aliphatic heterocycles. The van der Waals surface area contributed by atoms with Gasteiger partial charge in [0.2, 0.25) is 0 Å². The molecule has 2 nitrogen and oxygen atoms in total. The van der Waals surface area contributed by atoms with Gasteiger partial charge in [0.1, 0.15) is 5.75 Å². The third-order valence-corrected chi connectivity index (χ3v) is 4.62. The van der Waals surface area contributed by atoms with Crippen LogP contribution in [0, 0.1) is 11.3 Å². The Bertz CT molecular complexity index is 403. The van der Waals surface area contributed by atoms with Gasteiger partial charge in [0.05, 0.1) is 7.11 Å². The quantitative estimate of drug-likeness (QED) is 0.878. The first-order valence-corrected chi connectivity index (χ1v) is 7.37. The van der Waals surface area contributed by atoms with E-state index >= 15 is 0 Å².